The Balaban J connectivity index is 1.18. The molecule has 24 heteroatoms. The summed E-state index contributed by atoms with van der Waals surface area (Å²) in [6, 6.07) is 8.89. The molecule has 3 aliphatic rings. The number of aliphatic hydroxyl groups is 1. The van der Waals surface area contributed by atoms with E-state index in [1.807, 2.05) is 45.9 Å². The number of urea groups is 1. The number of hydrogen-bond donors (Lipinski definition) is 8. The van der Waals surface area contributed by atoms with E-state index < -0.39 is 120 Å². The fourth-order valence-corrected chi connectivity index (χ4v) is 13.1. The van der Waals surface area contributed by atoms with E-state index in [1.165, 1.54) is 26.2 Å². The number of aliphatic hydroxyl groups excluding tert-OH is 1. The summed E-state index contributed by atoms with van der Waals surface area (Å²) in [4.78, 5) is 128. The zero-order valence-electron chi connectivity index (χ0n) is 57.2. The Morgan fingerprint density at radius 1 is 0.720 bits per heavy atom. The van der Waals surface area contributed by atoms with Gasteiger partial charge in [0.1, 0.15) is 30.8 Å². The fraction of sp³-hybridized carbons (Fsp3) is 0.667. The number of carbonyl (C=O) groups excluding carboxylic acids is 9. The molecule has 15 atom stereocenters. The lowest BCUT2D eigenvalue weighted by atomic mass is 9.89. The zero-order chi connectivity index (χ0) is 68.8. The van der Waals surface area contributed by atoms with Crippen LogP contribution in [0.25, 0.3) is 0 Å². The third kappa shape index (κ3) is 21.8. The van der Waals surface area contributed by atoms with Crippen LogP contribution in [0.5, 0.6) is 0 Å². The van der Waals surface area contributed by atoms with E-state index in [2.05, 4.69) is 43.7 Å². The molecule has 0 radical (unpaired) electrons. The lowest BCUT2D eigenvalue weighted by molar-refractivity contribution is -0.148. The number of alkyl carbamates (subject to hydrolysis) is 1. The van der Waals surface area contributed by atoms with Crippen molar-refractivity contribution in [2.45, 2.75) is 201 Å². The van der Waals surface area contributed by atoms with Crippen molar-refractivity contribution in [2.24, 2.45) is 53.1 Å². The summed E-state index contributed by atoms with van der Waals surface area (Å²) in [5.41, 5.74) is 6.83. The van der Waals surface area contributed by atoms with Crippen LogP contribution < -0.4 is 37.6 Å². The number of anilines is 1. The van der Waals surface area contributed by atoms with Gasteiger partial charge in [0.05, 0.1) is 55.4 Å². The molecule has 5 rings (SSSR count). The Kier molecular flexibility index (Phi) is 30.2. The number of primary amides is 1. The Bertz CT molecular complexity index is 2850. The molecule has 1 unspecified atom stereocenters. The molecule has 0 spiro atoms. The largest absolute Gasteiger partial charge is 0.449 e. The smallest absolute Gasteiger partial charge is 0.410 e. The van der Waals surface area contributed by atoms with Crippen LogP contribution in [-0.4, -0.2) is 176 Å². The van der Waals surface area contributed by atoms with Crippen molar-refractivity contribution in [3.05, 3.63) is 65.7 Å². The molecular weight excluding hydrogens is 1190 g/mol. The van der Waals surface area contributed by atoms with Crippen LogP contribution in [0, 0.1) is 59.2 Å². The quantitative estimate of drug-likeness (QED) is 0.0269. The number of fused-ring (bicyclic) bond motifs is 1. The summed E-state index contributed by atoms with van der Waals surface area (Å²) in [6.45, 7) is 18.7. The summed E-state index contributed by atoms with van der Waals surface area (Å²) in [7, 11) is 6.11. The summed E-state index contributed by atoms with van der Waals surface area (Å²) < 4.78 is 23.4. The number of amides is 10. The summed E-state index contributed by atoms with van der Waals surface area (Å²) >= 11 is 0. The highest BCUT2D eigenvalue weighted by Gasteiger charge is 2.50. The minimum Gasteiger partial charge on any atom is -0.449 e. The number of benzene rings is 2. The van der Waals surface area contributed by atoms with Gasteiger partial charge in [0, 0.05) is 59.9 Å². The zero-order valence-corrected chi connectivity index (χ0v) is 57.2. The Morgan fingerprint density at radius 3 is 1.92 bits per heavy atom. The number of rotatable bonds is 34. The molecule has 2 aliphatic carbocycles. The average molecular weight is 1300 g/mol. The van der Waals surface area contributed by atoms with Gasteiger partial charge in [0.15, 0.2) is 0 Å². The van der Waals surface area contributed by atoms with Gasteiger partial charge < -0.3 is 71.5 Å². The first-order valence-corrected chi connectivity index (χ1v) is 33.1. The van der Waals surface area contributed by atoms with Crippen LogP contribution in [0.4, 0.5) is 20.1 Å². The van der Waals surface area contributed by atoms with Crippen molar-refractivity contribution in [2.75, 3.05) is 53.3 Å². The molecule has 1 saturated heterocycles. The molecule has 1 aliphatic heterocycles. The van der Waals surface area contributed by atoms with Gasteiger partial charge in [-0.3, -0.25) is 33.7 Å². The minimum atomic E-state index is -1.09. The molecule has 2 aromatic carbocycles. The number of nitrogens with one attached hydrogen (secondary N) is 6. The van der Waals surface area contributed by atoms with Crippen LogP contribution in [-0.2, 0) is 54.3 Å². The molecule has 9 N–H and O–H groups in total. The van der Waals surface area contributed by atoms with E-state index in [4.69, 9.17) is 24.7 Å². The third-order valence-corrected chi connectivity index (χ3v) is 18.7. The van der Waals surface area contributed by atoms with Crippen molar-refractivity contribution in [1.29, 1.82) is 0 Å². The molecular formula is C69H106N10O14. The van der Waals surface area contributed by atoms with Crippen LogP contribution >= 0.6 is 0 Å². The van der Waals surface area contributed by atoms with E-state index >= 15 is 0 Å². The summed E-state index contributed by atoms with van der Waals surface area (Å²) in [6.07, 6.45) is 1.90. The lowest BCUT2D eigenvalue weighted by Gasteiger charge is -2.41. The van der Waals surface area contributed by atoms with Crippen molar-refractivity contribution in [3.63, 3.8) is 0 Å². The van der Waals surface area contributed by atoms with Gasteiger partial charge in [0.25, 0.3) is 0 Å². The van der Waals surface area contributed by atoms with Gasteiger partial charge in [-0.05, 0) is 110 Å². The minimum absolute atomic E-state index is 0.0848. The monoisotopic (exact) mass is 1300 g/mol. The number of nitrogens with two attached hydrogens (primary N) is 1. The number of methoxy groups -OCH3 is 2. The highest BCUT2D eigenvalue weighted by molar-refractivity contribution is 5.98. The fourth-order valence-electron chi connectivity index (χ4n) is 13.1. The van der Waals surface area contributed by atoms with Crippen molar-refractivity contribution >= 4 is 59.3 Å². The second-order valence-corrected chi connectivity index (χ2v) is 26.4. The number of ether oxygens (including phenoxy) is 4. The highest BCUT2D eigenvalue weighted by Crippen LogP contribution is 2.52. The van der Waals surface area contributed by atoms with Crippen LogP contribution in [0.1, 0.15) is 151 Å². The van der Waals surface area contributed by atoms with Gasteiger partial charge in [0.2, 0.25) is 35.4 Å². The maximum absolute atomic E-state index is 14.8. The molecule has 1 heterocycles. The van der Waals surface area contributed by atoms with Crippen LogP contribution in [0.15, 0.2) is 54.6 Å². The maximum Gasteiger partial charge on any atom is 0.410 e. The molecule has 2 aromatic rings. The standard InChI is InChI=1S/C69H106N10O14/c1-15-43(8)59(54(90-13)37-55(80)79-36-24-30-53(79)61(91-14)44(9)62(82)72-45(10)60(81)47-25-19-18-20-26-47)77(11)66(86)57(41(4)5)75-65(85)58(42(6)7)78(12)69(89)93-38-46-31-33-48(34-32-46)73-63(83)52(29-23-35-71-67(70)87)74-64(84)56(40(2)3)76-68(88)92-39-51-49-27-21-16-17-22-28-50(49)51/h18-20,25-26,31-34,40-45,49-54,56-61,81H,15,21-24,27-30,35-39H2,1-14H3,(H,72,82)(H,73,83)(H,74,84)(H,75,85)(H,76,88)(H3,70,71,87)/t43-,44+,45+,49-,50+,51?,52-,53-,54+,56-,57-,58-,59-,60+,61+/m0/s1. The molecule has 24 nitrogen and oxygen atoms in total. The third-order valence-electron chi connectivity index (χ3n) is 18.7. The number of carbonyl (C=O) groups is 9. The second-order valence-electron chi connectivity index (χ2n) is 26.4. The van der Waals surface area contributed by atoms with E-state index in [1.54, 1.807) is 94.8 Å². The molecule has 2 fully saturated rings. The number of likely N-dealkylation sites (N-methyl/N-ethyl adjacent to an activating group) is 2. The first-order valence-electron chi connectivity index (χ1n) is 33.1. The van der Waals surface area contributed by atoms with Crippen LogP contribution in [0.2, 0.25) is 0 Å². The van der Waals surface area contributed by atoms with E-state index in [0.29, 0.717) is 54.5 Å². The van der Waals surface area contributed by atoms with Gasteiger partial charge in [-0.25, -0.2) is 14.4 Å². The number of hydrogen-bond acceptors (Lipinski definition) is 14. The normalized spacial score (nSPS) is 20.3. The predicted molar refractivity (Wildman–Crippen MR) is 352 cm³/mol. The topological polar surface area (TPSA) is 319 Å². The van der Waals surface area contributed by atoms with Crippen molar-refractivity contribution in [1.82, 2.24) is 41.3 Å². The molecule has 0 bridgehead atoms. The summed E-state index contributed by atoms with van der Waals surface area (Å²) in [5.74, 6) is 2.76. The lowest BCUT2D eigenvalue weighted by Crippen LogP contribution is -2.60. The first-order chi connectivity index (χ1) is 44.1. The molecule has 93 heavy (non-hydrogen) atoms. The predicted octanol–water partition coefficient (Wildman–Crippen LogP) is 6.64. The molecule has 516 valence electrons. The van der Waals surface area contributed by atoms with Gasteiger partial charge >= 0.3 is 18.2 Å². The van der Waals surface area contributed by atoms with Crippen molar-refractivity contribution in [3.8, 4) is 11.8 Å². The molecule has 0 aromatic heterocycles. The number of nitrogens with zero attached hydrogens (tertiary/aromatic N) is 3. The number of likely N-dealkylation sites (tertiary alicyclic amines) is 1. The van der Waals surface area contributed by atoms with Gasteiger partial charge in [-0.1, -0.05) is 111 Å². The second kappa shape index (κ2) is 36.8. The van der Waals surface area contributed by atoms with Gasteiger partial charge in [-0.15, -0.1) is 11.8 Å². The van der Waals surface area contributed by atoms with E-state index in [-0.39, 0.29) is 68.6 Å². The van der Waals surface area contributed by atoms with Gasteiger partial charge in [-0.2, -0.15) is 0 Å². The Morgan fingerprint density at radius 2 is 1.35 bits per heavy atom. The van der Waals surface area contributed by atoms with Crippen LogP contribution in [0.3, 0.4) is 0 Å². The van der Waals surface area contributed by atoms with E-state index in [9.17, 15) is 48.3 Å². The Labute approximate surface area is 550 Å². The SMILES string of the molecule is CC[C@H](C)[C@@H]([C@@H](CC(=O)N1CCC[C@H]1[C@H](OC)[C@@H](C)C(=O)N[C@H](C)[C@@H](O)c1ccccc1)OC)N(C)C(=O)[C@@H](NC(=O)[C@H](C(C)C)N(C)C(=O)OCc1ccc(NC(=O)[C@H](CCCNC(N)=O)NC(=O)[C@@H](NC(=O)OCC2[C@H]3CCC#CCC[C@@H]23)C(C)C)cc1)C(C)C. The van der Waals surface area contributed by atoms with Crippen molar-refractivity contribution < 1.29 is 67.2 Å². The molecule has 1 saturated carbocycles. The molecule has 10 amide bonds. The Hall–Kier alpha value is -7.49. The maximum atomic E-state index is 14.8. The summed E-state index contributed by atoms with van der Waals surface area (Å²) in [5, 5.41) is 27.6. The average Bonchev–Trinajstić information content (AvgIpc) is 1.66. The first kappa shape index (κ1) is 76.2. The highest BCUT2D eigenvalue weighted by atomic mass is 16.6. The van der Waals surface area contributed by atoms with E-state index in [0.717, 1.165) is 25.7 Å².